The summed E-state index contributed by atoms with van der Waals surface area (Å²) >= 11 is 0. The van der Waals surface area contributed by atoms with Gasteiger partial charge in [0.2, 0.25) is 0 Å². The van der Waals surface area contributed by atoms with E-state index in [0.717, 1.165) is 45.6 Å². The highest BCUT2D eigenvalue weighted by Gasteiger charge is 2.22. The van der Waals surface area contributed by atoms with Gasteiger partial charge in [-0.15, -0.1) is 0 Å². The van der Waals surface area contributed by atoms with Gasteiger partial charge in [0.1, 0.15) is 5.84 Å². The van der Waals surface area contributed by atoms with E-state index in [2.05, 4.69) is 10.5 Å². The third kappa shape index (κ3) is 7.99. The Morgan fingerprint density at radius 2 is 2.00 bits per heavy atom. The highest BCUT2D eigenvalue weighted by atomic mass is 16.5. The largest absolute Gasteiger partial charge is 0.409 e. The average Bonchev–Trinajstić information content (AvgIpc) is 2.31. The van der Waals surface area contributed by atoms with Crippen LogP contribution in [0.5, 0.6) is 0 Å². The lowest BCUT2D eigenvalue weighted by Crippen LogP contribution is -2.32. The smallest absolute Gasteiger partial charge is 0.144 e. The molecule has 0 unspecified atom stereocenters. The quantitative estimate of drug-likeness (QED) is 0.179. The molecule has 0 bridgehead atoms. The van der Waals surface area contributed by atoms with E-state index in [1.807, 2.05) is 20.8 Å². The van der Waals surface area contributed by atoms with E-state index in [1.165, 1.54) is 0 Å². The molecule has 0 spiro atoms. The van der Waals surface area contributed by atoms with Crippen LogP contribution in [0.3, 0.4) is 0 Å². The van der Waals surface area contributed by atoms with Crippen molar-refractivity contribution in [1.82, 2.24) is 5.32 Å². The zero-order chi connectivity index (χ0) is 13.1. The molecule has 17 heavy (non-hydrogen) atoms. The average molecular weight is 245 g/mol. The zero-order valence-electron chi connectivity index (χ0n) is 11.3. The molecule has 0 saturated heterocycles. The van der Waals surface area contributed by atoms with Crippen molar-refractivity contribution in [3.8, 4) is 0 Å². The number of nitrogens with zero attached hydrogens (tertiary/aromatic N) is 1. The van der Waals surface area contributed by atoms with E-state index in [9.17, 15) is 0 Å². The molecule has 0 aliphatic heterocycles. The minimum atomic E-state index is -0.234. The van der Waals surface area contributed by atoms with Gasteiger partial charge < -0.3 is 21.0 Å². The fourth-order valence-corrected chi connectivity index (χ4v) is 1.49. The van der Waals surface area contributed by atoms with Gasteiger partial charge in [-0.2, -0.15) is 0 Å². The first-order valence-corrected chi connectivity index (χ1v) is 6.31. The van der Waals surface area contributed by atoms with Crippen LogP contribution in [0.25, 0.3) is 0 Å². The molecular formula is C12H27N3O2. The van der Waals surface area contributed by atoms with Crippen molar-refractivity contribution >= 4 is 5.84 Å². The standard InChI is InChI=1S/C12H27N3O2/c1-4-17-10-6-9-14-8-5-7-12(2,3)11(13)15-16/h14,16H,4-10H2,1-3H3,(H2,13,15). The van der Waals surface area contributed by atoms with Crippen molar-refractivity contribution in [2.45, 2.75) is 40.0 Å². The molecule has 0 rings (SSSR count). The number of amidine groups is 1. The highest BCUT2D eigenvalue weighted by molar-refractivity contribution is 5.85. The Morgan fingerprint density at radius 1 is 1.35 bits per heavy atom. The number of hydrogen-bond donors (Lipinski definition) is 3. The van der Waals surface area contributed by atoms with Gasteiger partial charge in [0, 0.05) is 18.6 Å². The van der Waals surface area contributed by atoms with Crippen LogP contribution in [0, 0.1) is 5.41 Å². The molecule has 0 radical (unpaired) electrons. The van der Waals surface area contributed by atoms with Crippen LogP contribution in [-0.2, 0) is 4.74 Å². The Labute approximate surface area is 104 Å². The van der Waals surface area contributed by atoms with Gasteiger partial charge in [-0.3, -0.25) is 0 Å². The van der Waals surface area contributed by atoms with Crippen LogP contribution in [-0.4, -0.2) is 37.3 Å². The Morgan fingerprint density at radius 3 is 2.59 bits per heavy atom. The molecule has 0 saturated carbocycles. The van der Waals surface area contributed by atoms with E-state index in [1.54, 1.807) is 0 Å². The van der Waals surface area contributed by atoms with Gasteiger partial charge >= 0.3 is 0 Å². The normalized spacial score (nSPS) is 13.0. The van der Waals surface area contributed by atoms with Crippen molar-refractivity contribution in [3.63, 3.8) is 0 Å². The number of nitrogens with one attached hydrogen (secondary N) is 1. The number of nitrogens with two attached hydrogens (primary N) is 1. The molecule has 0 fully saturated rings. The van der Waals surface area contributed by atoms with Gasteiger partial charge in [-0.25, -0.2) is 0 Å². The van der Waals surface area contributed by atoms with Crippen LogP contribution in [0.2, 0.25) is 0 Å². The van der Waals surface area contributed by atoms with Gasteiger partial charge in [0.15, 0.2) is 0 Å². The molecule has 102 valence electrons. The second-order valence-corrected chi connectivity index (χ2v) is 4.77. The van der Waals surface area contributed by atoms with Crippen molar-refractivity contribution in [2.75, 3.05) is 26.3 Å². The summed E-state index contributed by atoms with van der Waals surface area (Å²) in [5.74, 6) is 0.300. The van der Waals surface area contributed by atoms with Crippen molar-refractivity contribution in [3.05, 3.63) is 0 Å². The summed E-state index contributed by atoms with van der Waals surface area (Å²) in [5, 5.41) is 15.0. The lowest BCUT2D eigenvalue weighted by Gasteiger charge is -2.22. The number of ether oxygens (including phenoxy) is 1. The SMILES string of the molecule is CCOCCCNCCCC(C)(C)C(N)=NO. The number of rotatable bonds is 10. The van der Waals surface area contributed by atoms with Gasteiger partial charge in [0.05, 0.1) is 0 Å². The van der Waals surface area contributed by atoms with Crippen LogP contribution < -0.4 is 11.1 Å². The summed E-state index contributed by atoms with van der Waals surface area (Å²) < 4.78 is 5.24. The maximum Gasteiger partial charge on any atom is 0.144 e. The molecule has 4 N–H and O–H groups in total. The molecule has 0 amide bonds. The monoisotopic (exact) mass is 245 g/mol. The molecule has 0 heterocycles. The van der Waals surface area contributed by atoms with Gasteiger partial charge in [-0.05, 0) is 39.3 Å². The fraction of sp³-hybridized carbons (Fsp3) is 0.917. The maximum atomic E-state index is 8.63. The second kappa shape index (κ2) is 9.24. The van der Waals surface area contributed by atoms with Crippen molar-refractivity contribution in [2.24, 2.45) is 16.3 Å². The highest BCUT2D eigenvalue weighted by Crippen LogP contribution is 2.21. The predicted octanol–water partition coefficient (Wildman–Crippen LogP) is 1.56. The van der Waals surface area contributed by atoms with E-state index >= 15 is 0 Å². The number of oxime groups is 1. The lowest BCUT2D eigenvalue weighted by molar-refractivity contribution is 0.145. The minimum absolute atomic E-state index is 0.234. The molecule has 0 aliphatic carbocycles. The summed E-state index contributed by atoms with van der Waals surface area (Å²) in [6.45, 7) is 9.50. The summed E-state index contributed by atoms with van der Waals surface area (Å²) in [5.41, 5.74) is 5.38. The summed E-state index contributed by atoms with van der Waals surface area (Å²) in [4.78, 5) is 0. The van der Waals surface area contributed by atoms with Crippen molar-refractivity contribution in [1.29, 1.82) is 0 Å². The second-order valence-electron chi connectivity index (χ2n) is 4.77. The van der Waals surface area contributed by atoms with Crippen LogP contribution in [0.4, 0.5) is 0 Å². The molecule has 0 aromatic heterocycles. The van der Waals surface area contributed by atoms with E-state index in [4.69, 9.17) is 15.7 Å². The molecular weight excluding hydrogens is 218 g/mol. The van der Waals surface area contributed by atoms with Crippen LogP contribution >= 0.6 is 0 Å². The Hall–Kier alpha value is -0.810. The summed E-state index contributed by atoms with van der Waals surface area (Å²) in [6.07, 6.45) is 2.96. The zero-order valence-corrected chi connectivity index (χ0v) is 11.3. The molecule has 0 aliphatic rings. The number of hydrogen-bond acceptors (Lipinski definition) is 4. The Balaban J connectivity index is 3.45. The first kappa shape index (κ1) is 16.2. The summed E-state index contributed by atoms with van der Waals surface area (Å²) in [6, 6.07) is 0. The molecule has 0 aromatic rings. The van der Waals surface area contributed by atoms with Crippen LogP contribution in [0.1, 0.15) is 40.0 Å². The lowest BCUT2D eigenvalue weighted by atomic mass is 9.86. The Bertz CT molecular complexity index is 218. The predicted molar refractivity (Wildman–Crippen MR) is 70.4 cm³/mol. The van der Waals surface area contributed by atoms with Gasteiger partial charge in [0.25, 0.3) is 0 Å². The molecule has 0 aromatic carbocycles. The maximum absolute atomic E-state index is 8.63. The molecule has 5 nitrogen and oxygen atoms in total. The first-order chi connectivity index (χ1) is 8.04. The first-order valence-electron chi connectivity index (χ1n) is 6.31. The van der Waals surface area contributed by atoms with Crippen LogP contribution in [0.15, 0.2) is 5.16 Å². The van der Waals surface area contributed by atoms with E-state index < -0.39 is 0 Å². The summed E-state index contributed by atoms with van der Waals surface area (Å²) in [7, 11) is 0. The fourth-order valence-electron chi connectivity index (χ4n) is 1.49. The Kier molecular flexibility index (Phi) is 8.80. The molecule has 0 atom stereocenters. The third-order valence-corrected chi connectivity index (χ3v) is 2.80. The molecule has 5 heteroatoms. The third-order valence-electron chi connectivity index (χ3n) is 2.80. The van der Waals surface area contributed by atoms with Crippen molar-refractivity contribution < 1.29 is 9.94 Å². The van der Waals surface area contributed by atoms with E-state index in [0.29, 0.717) is 5.84 Å². The van der Waals surface area contributed by atoms with Gasteiger partial charge in [-0.1, -0.05) is 19.0 Å². The van der Waals surface area contributed by atoms with E-state index in [-0.39, 0.29) is 5.41 Å². The minimum Gasteiger partial charge on any atom is -0.409 e. The topological polar surface area (TPSA) is 79.9 Å².